The Labute approximate surface area is 181 Å². The molecule has 8 nitrogen and oxygen atoms in total. The van der Waals surface area contributed by atoms with Gasteiger partial charge in [0.15, 0.2) is 0 Å². The maximum absolute atomic E-state index is 13.3. The lowest BCUT2D eigenvalue weighted by molar-refractivity contribution is -0.157. The van der Waals surface area contributed by atoms with Crippen molar-refractivity contribution in [2.75, 3.05) is 20.2 Å². The molecule has 2 amide bonds. The van der Waals surface area contributed by atoms with Gasteiger partial charge < -0.3 is 15.0 Å². The topological polar surface area (TPSA) is 91.0 Å². The Hall–Kier alpha value is -2.52. The minimum Gasteiger partial charge on any atom is -0.469 e. The maximum Gasteiger partial charge on any atom is 0.307 e. The number of hydrazine groups is 1. The Morgan fingerprint density at radius 2 is 1.97 bits per heavy atom. The molecule has 3 fully saturated rings. The van der Waals surface area contributed by atoms with Gasteiger partial charge in [0.1, 0.15) is 11.9 Å². The number of amides is 2. The third-order valence-corrected chi connectivity index (χ3v) is 6.65. The minimum absolute atomic E-state index is 0.0577. The van der Waals surface area contributed by atoms with Crippen LogP contribution in [0.1, 0.15) is 37.7 Å². The summed E-state index contributed by atoms with van der Waals surface area (Å²) in [4.78, 5) is 39.2. The fourth-order valence-electron chi connectivity index (χ4n) is 5.07. The van der Waals surface area contributed by atoms with Gasteiger partial charge in [-0.15, -0.1) is 0 Å². The zero-order valence-corrected chi connectivity index (χ0v) is 17.7. The van der Waals surface area contributed by atoms with Gasteiger partial charge >= 0.3 is 5.97 Å². The number of rotatable bonds is 6. The second-order valence-corrected chi connectivity index (χ2v) is 8.47. The van der Waals surface area contributed by atoms with Crippen LogP contribution in [-0.4, -0.2) is 66.0 Å². The predicted octanol–water partition coefficient (Wildman–Crippen LogP) is 0.963. The van der Waals surface area contributed by atoms with Gasteiger partial charge in [-0.1, -0.05) is 12.1 Å². The number of fused-ring (bicyclic) bond motifs is 3. The normalized spacial score (nSPS) is 28.1. The van der Waals surface area contributed by atoms with Crippen LogP contribution >= 0.6 is 0 Å². The molecular formula is C22H29FN4O4. The zero-order valence-electron chi connectivity index (χ0n) is 17.7. The van der Waals surface area contributed by atoms with Crippen LogP contribution in [0.15, 0.2) is 24.3 Å². The Kier molecular flexibility index (Phi) is 6.52. The van der Waals surface area contributed by atoms with Gasteiger partial charge in [-0.25, -0.2) is 9.40 Å². The molecule has 9 heteroatoms. The lowest BCUT2D eigenvalue weighted by Crippen LogP contribution is -2.68. The number of piperazine rings is 1. The van der Waals surface area contributed by atoms with Gasteiger partial charge in [0.05, 0.1) is 13.5 Å². The van der Waals surface area contributed by atoms with E-state index in [1.165, 1.54) is 19.2 Å². The summed E-state index contributed by atoms with van der Waals surface area (Å²) in [7, 11) is 1.32. The van der Waals surface area contributed by atoms with Crippen molar-refractivity contribution in [1.29, 1.82) is 0 Å². The fraction of sp³-hybridized carbons (Fsp3) is 0.591. The van der Waals surface area contributed by atoms with Crippen LogP contribution in [0.4, 0.5) is 4.39 Å². The molecule has 168 valence electrons. The van der Waals surface area contributed by atoms with Crippen LogP contribution in [0.2, 0.25) is 0 Å². The molecule has 1 aliphatic carbocycles. The lowest BCUT2D eigenvalue weighted by atomic mass is 9.78. The van der Waals surface area contributed by atoms with Crippen LogP contribution in [0.3, 0.4) is 0 Å². The summed E-state index contributed by atoms with van der Waals surface area (Å²) in [6, 6.07) is 6.07. The summed E-state index contributed by atoms with van der Waals surface area (Å²) in [5, 5.41) is 4.92. The molecular weight excluding hydrogens is 403 g/mol. The van der Waals surface area contributed by atoms with E-state index in [0.29, 0.717) is 13.0 Å². The van der Waals surface area contributed by atoms with E-state index in [-0.39, 0.29) is 60.6 Å². The predicted molar refractivity (Wildman–Crippen MR) is 110 cm³/mol. The first kappa shape index (κ1) is 21.7. The van der Waals surface area contributed by atoms with E-state index >= 15 is 0 Å². The van der Waals surface area contributed by atoms with Crippen molar-refractivity contribution in [2.24, 2.45) is 5.92 Å². The number of nitrogens with one attached hydrogen (secondary N) is 2. The molecule has 31 heavy (non-hydrogen) atoms. The number of ether oxygens (including phenoxy) is 1. The summed E-state index contributed by atoms with van der Waals surface area (Å²) in [6.45, 7) is 1.41. The van der Waals surface area contributed by atoms with Gasteiger partial charge in [-0.2, -0.15) is 0 Å². The standard InChI is InChI=1S/C22H29FN4O4/c1-31-20(28)9-10-24-21(29)15-4-7-17-19(12-15)26(13-14-2-5-16(23)6-3-14)22(30)18-8-11-25-27(17)18/h2-3,5-6,15,17-19,25H,4,7-13H2,1H3,(H,24,29). The highest BCUT2D eigenvalue weighted by Crippen LogP contribution is 2.38. The lowest BCUT2D eigenvalue weighted by Gasteiger charge is -2.51. The van der Waals surface area contributed by atoms with E-state index in [0.717, 1.165) is 31.4 Å². The summed E-state index contributed by atoms with van der Waals surface area (Å²) >= 11 is 0. The molecule has 2 heterocycles. The average Bonchev–Trinajstić information content (AvgIpc) is 3.27. The van der Waals surface area contributed by atoms with Gasteiger partial charge in [-0.05, 0) is 43.4 Å². The van der Waals surface area contributed by atoms with Crippen molar-refractivity contribution in [3.63, 3.8) is 0 Å². The summed E-state index contributed by atoms with van der Waals surface area (Å²) in [5.41, 5.74) is 4.23. The molecule has 3 aliphatic rings. The summed E-state index contributed by atoms with van der Waals surface area (Å²) in [6.07, 6.45) is 2.99. The Balaban J connectivity index is 1.48. The summed E-state index contributed by atoms with van der Waals surface area (Å²) < 4.78 is 17.9. The van der Waals surface area contributed by atoms with Gasteiger partial charge in [0, 0.05) is 37.6 Å². The van der Waals surface area contributed by atoms with Crippen LogP contribution in [0.25, 0.3) is 0 Å². The first-order chi connectivity index (χ1) is 15.0. The number of nitrogens with zero attached hydrogens (tertiary/aromatic N) is 2. The molecule has 0 radical (unpaired) electrons. The third-order valence-electron chi connectivity index (χ3n) is 6.65. The fourth-order valence-corrected chi connectivity index (χ4v) is 5.07. The van der Waals surface area contributed by atoms with Gasteiger partial charge in [0.25, 0.3) is 0 Å². The van der Waals surface area contributed by atoms with Gasteiger partial charge in [0.2, 0.25) is 11.8 Å². The third kappa shape index (κ3) is 4.57. The van der Waals surface area contributed by atoms with E-state index in [1.54, 1.807) is 12.1 Å². The van der Waals surface area contributed by atoms with E-state index in [9.17, 15) is 18.8 Å². The molecule has 1 saturated carbocycles. The van der Waals surface area contributed by atoms with Crippen LogP contribution in [0.5, 0.6) is 0 Å². The molecule has 2 saturated heterocycles. The largest absolute Gasteiger partial charge is 0.469 e. The first-order valence-corrected chi connectivity index (χ1v) is 10.9. The van der Waals surface area contributed by atoms with Crippen molar-refractivity contribution in [3.8, 4) is 0 Å². The van der Waals surface area contributed by atoms with E-state index in [1.807, 2.05) is 4.90 Å². The Bertz CT molecular complexity index is 833. The van der Waals surface area contributed by atoms with Crippen molar-refractivity contribution < 1.29 is 23.5 Å². The molecule has 1 aromatic rings. The van der Waals surface area contributed by atoms with Crippen molar-refractivity contribution in [2.45, 2.75) is 56.8 Å². The minimum atomic E-state index is -0.362. The molecule has 0 bridgehead atoms. The highest BCUT2D eigenvalue weighted by molar-refractivity contribution is 5.84. The van der Waals surface area contributed by atoms with E-state index in [4.69, 9.17) is 0 Å². The van der Waals surface area contributed by atoms with Crippen LogP contribution in [0, 0.1) is 11.7 Å². The molecule has 2 N–H and O–H groups in total. The second-order valence-electron chi connectivity index (χ2n) is 8.47. The van der Waals surface area contributed by atoms with Crippen LogP contribution in [-0.2, 0) is 25.7 Å². The number of carbonyl (C=O) groups excluding carboxylic acids is 3. The smallest absolute Gasteiger partial charge is 0.307 e. The molecule has 0 aromatic heterocycles. The molecule has 4 rings (SSSR count). The first-order valence-electron chi connectivity index (χ1n) is 10.9. The quantitative estimate of drug-likeness (QED) is 0.651. The SMILES string of the molecule is COC(=O)CCNC(=O)C1CCC2C(C1)N(Cc1ccc(F)cc1)C(=O)C1CCNN12. The second kappa shape index (κ2) is 9.32. The number of hydrogen-bond acceptors (Lipinski definition) is 6. The van der Waals surface area contributed by atoms with Crippen molar-refractivity contribution in [3.05, 3.63) is 35.6 Å². The number of hydrogen-bond donors (Lipinski definition) is 2. The van der Waals surface area contributed by atoms with Gasteiger partial charge in [-0.3, -0.25) is 19.8 Å². The molecule has 0 spiro atoms. The highest BCUT2D eigenvalue weighted by Gasteiger charge is 2.51. The summed E-state index contributed by atoms with van der Waals surface area (Å²) in [5.74, 6) is -0.922. The van der Waals surface area contributed by atoms with Crippen molar-refractivity contribution >= 4 is 17.8 Å². The monoisotopic (exact) mass is 432 g/mol. The van der Waals surface area contributed by atoms with Crippen LogP contribution < -0.4 is 10.7 Å². The Morgan fingerprint density at radius 3 is 2.71 bits per heavy atom. The molecule has 1 aromatic carbocycles. The number of methoxy groups -OCH3 is 1. The molecule has 4 atom stereocenters. The van der Waals surface area contributed by atoms with E-state index < -0.39 is 0 Å². The maximum atomic E-state index is 13.3. The number of esters is 1. The number of benzene rings is 1. The number of carbonyl (C=O) groups is 3. The van der Waals surface area contributed by atoms with E-state index in [2.05, 4.69) is 20.5 Å². The average molecular weight is 432 g/mol. The number of halogens is 1. The van der Waals surface area contributed by atoms with Crippen molar-refractivity contribution in [1.82, 2.24) is 20.7 Å². The molecule has 2 aliphatic heterocycles. The highest BCUT2D eigenvalue weighted by atomic mass is 19.1. The molecule has 4 unspecified atom stereocenters. The zero-order chi connectivity index (χ0) is 22.0. The Morgan fingerprint density at radius 1 is 1.19 bits per heavy atom.